The quantitative estimate of drug-likeness (QED) is 0.872. The van der Waals surface area contributed by atoms with Crippen molar-refractivity contribution in [1.29, 1.82) is 0 Å². The molecule has 0 aliphatic carbocycles. The third-order valence-corrected chi connectivity index (χ3v) is 4.11. The summed E-state index contributed by atoms with van der Waals surface area (Å²) in [4.78, 5) is 17.7. The van der Waals surface area contributed by atoms with Crippen LogP contribution in [-0.2, 0) is 10.9 Å². The predicted octanol–water partition coefficient (Wildman–Crippen LogP) is 3.84. The van der Waals surface area contributed by atoms with Crippen LogP contribution in [0.15, 0.2) is 36.5 Å². The van der Waals surface area contributed by atoms with Gasteiger partial charge in [0.15, 0.2) is 0 Å². The lowest BCUT2D eigenvalue weighted by Gasteiger charge is -2.30. The van der Waals surface area contributed by atoms with Crippen molar-refractivity contribution in [3.05, 3.63) is 52.8 Å². The van der Waals surface area contributed by atoms with Crippen LogP contribution < -0.4 is 10.2 Å². The molecule has 1 amide bonds. The lowest BCUT2D eigenvalue weighted by Crippen LogP contribution is -2.36. The zero-order valence-corrected chi connectivity index (χ0v) is 14.3. The molecule has 1 aliphatic heterocycles. The molecular weight excluding hydrogens is 371 g/mol. The maximum atomic E-state index is 12.6. The van der Waals surface area contributed by atoms with Crippen LogP contribution in [-0.4, -0.2) is 37.2 Å². The van der Waals surface area contributed by atoms with Crippen molar-refractivity contribution >= 4 is 28.9 Å². The van der Waals surface area contributed by atoms with Gasteiger partial charge in [-0.3, -0.25) is 9.78 Å². The average Bonchev–Trinajstić information content (AvgIpc) is 2.62. The maximum absolute atomic E-state index is 12.6. The number of morpholine rings is 1. The number of hydrogen-bond donors (Lipinski definition) is 1. The molecule has 9 heteroatoms. The summed E-state index contributed by atoms with van der Waals surface area (Å²) >= 11 is 6.02. The summed E-state index contributed by atoms with van der Waals surface area (Å²) in [6.07, 6.45) is -3.65. The monoisotopic (exact) mass is 385 g/mol. The number of nitrogens with one attached hydrogen (secondary N) is 1. The van der Waals surface area contributed by atoms with Gasteiger partial charge in [0.2, 0.25) is 0 Å². The smallest absolute Gasteiger partial charge is 0.378 e. The Kier molecular flexibility index (Phi) is 5.33. The van der Waals surface area contributed by atoms with Crippen LogP contribution in [0.4, 0.5) is 24.5 Å². The van der Waals surface area contributed by atoms with E-state index in [1.807, 2.05) is 4.90 Å². The van der Waals surface area contributed by atoms with E-state index < -0.39 is 17.8 Å². The molecule has 0 atom stereocenters. The van der Waals surface area contributed by atoms with Crippen molar-refractivity contribution in [3.63, 3.8) is 0 Å². The van der Waals surface area contributed by atoms with Crippen LogP contribution in [0.2, 0.25) is 5.02 Å². The molecular formula is C17H15ClF3N3O2. The second-order valence-corrected chi connectivity index (χ2v) is 6.08. The van der Waals surface area contributed by atoms with E-state index in [1.165, 1.54) is 0 Å². The van der Waals surface area contributed by atoms with Crippen molar-refractivity contribution < 1.29 is 22.7 Å². The second-order valence-electron chi connectivity index (χ2n) is 5.64. The molecule has 138 valence electrons. The molecule has 3 rings (SSSR count). The Morgan fingerprint density at radius 1 is 1.19 bits per heavy atom. The molecule has 2 heterocycles. The fraction of sp³-hybridized carbons (Fsp3) is 0.294. The van der Waals surface area contributed by atoms with Gasteiger partial charge in [-0.05, 0) is 30.3 Å². The summed E-state index contributed by atoms with van der Waals surface area (Å²) in [5.41, 5.74) is 0.215. The van der Waals surface area contributed by atoms with Crippen LogP contribution in [0.3, 0.4) is 0 Å². The van der Waals surface area contributed by atoms with Crippen molar-refractivity contribution in [2.75, 3.05) is 36.5 Å². The van der Waals surface area contributed by atoms with Crippen LogP contribution in [0, 0.1) is 0 Å². The Hall–Kier alpha value is -2.32. The van der Waals surface area contributed by atoms with Gasteiger partial charge < -0.3 is 15.0 Å². The first-order valence-electron chi connectivity index (χ1n) is 7.81. The standard InChI is InChI=1S/C17H15ClF3N3O2/c18-12-2-3-14(24-5-7-26-8-6-24)13(9-12)23-16(25)11-1-4-15(22-10-11)17(19,20)21/h1-4,9-10H,5-8H2,(H,23,25). The number of rotatable bonds is 3. The van der Waals surface area contributed by atoms with Crippen molar-refractivity contribution in [3.8, 4) is 0 Å². The van der Waals surface area contributed by atoms with E-state index in [9.17, 15) is 18.0 Å². The Labute approximate surface area is 152 Å². The fourth-order valence-corrected chi connectivity index (χ4v) is 2.75. The molecule has 26 heavy (non-hydrogen) atoms. The summed E-state index contributed by atoms with van der Waals surface area (Å²) < 4.78 is 43.1. The van der Waals surface area contributed by atoms with Gasteiger partial charge in [0.25, 0.3) is 5.91 Å². The number of anilines is 2. The lowest BCUT2D eigenvalue weighted by atomic mass is 10.2. The number of halogens is 4. The van der Waals surface area contributed by atoms with E-state index in [0.717, 1.165) is 24.0 Å². The highest BCUT2D eigenvalue weighted by Crippen LogP contribution is 2.31. The minimum atomic E-state index is -4.55. The van der Waals surface area contributed by atoms with Gasteiger partial charge >= 0.3 is 6.18 Å². The van der Waals surface area contributed by atoms with E-state index >= 15 is 0 Å². The first-order valence-corrected chi connectivity index (χ1v) is 8.19. The molecule has 2 aromatic rings. The van der Waals surface area contributed by atoms with Crippen LogP contribution >= 0.6 is 11.6 Å². The third kappa shape index (κ3) is 4.25. The molecule has 1 aliphatic rings. The SMILES string of the molecule is O=C(Nc1cc(Cl)ccc1N1CCOCC1)c1ccc(C(F)(F)F)nc1. The molecule has 0 spiro atoms. The number of benzene rings is 1. The molecule has 1 saturated heterocycles. The average molecular weight is 386 g/mol. The van der Waals surface area contributed by atoms with Gasteiger partial charge in [0.1, 0.15) is 5.69 Å². The minimum absolute atomic E-state index is 0.0194. The molecule has 0 unspecified atom stereocenters. The number of amides is 1. The molecule has 1 aromatic carbocycles. The normalized spacial score (nSPS) is 15.0. The van der Waals surface area contributed by atoms with E-state index in [-0.39, 0.29) is 5.56 Å². The molecule has 0 saturated carbocycles. The zero-order chi connectivity index (χ0) is 18.7. The highest BCUT2D eigenvalue weighted by Gasteiger charge is 2.32. The second kappa shape index (κ2) is 7.51. The van der Waals surface area contributed by atoms with E-state index in [1.54, 1.807) is 18.2 Å². The number of ether oxygens (including phenoxy) is 1. The van der Waals surface area contributed by atoms with Gasteiger partial charge in [-0.2, -0.15) is 13.2 Å². The summed E-state index contributed by atoms with van der Waals surface area (Å²) in [5, 5.41) is 3.13. The van der Waals surface area contributed by atoms with E-state index in [4.69, 9.17) is 16.3 Å². The Bertz CT molecular complexity index is 791. The molecule has 1 fully saturated rings. The number of pyridine rings is 1. The van der Waals surface area contributed by atoms with Crippen molar-refractivity contribution in [2.45, 2.75) is 6.18 Å². The summed E-state index contributed by atoms with van der Waals surface area (Å²) in [5.74, 6) is -0.567. The maximum Gasteiger partial charge on any atom is 0.433 e. The van der Waals surface area contributed by atoms with Crippen molar-refractivity contribution in [2.24, 2.45) is 0 Å². The fourth-order valence-electron chi connectivity index (χ4n) is 2.58. The Morgan fingerprint density at radius 2 is 1.92 bits per heavy atom. The zero-order valence-electron chi connectivity index (χ0n) is 13.5. The number of carbonyl (C=O) groups excluding carboxylic acids is 1. The van der Waals surface area contributed by atoms with E-state index in [2.05, 4.69) is 10.3 Å². The van der Waals surface area contributed by atoms with Crippen LogP contribution in [0.5, 0.6) is 0 Å². The molecule has 1 aromatic heterocycles. The van der Waals surface area contributed by atoms with Gasteiger partial charge in [0, 0.05) is 24.3 Å². The molecule has 0 bridgehead atoms. The number of carbonyl (C=O) groups is 1. The Balaban J connectivity index is 1.81. The molecule has 1 N–H and O–H groups in total. The van der Waals surface area contributed by atoms with E-state index in [0.29, 0.717) is 37.0 Å². The van der Waals surface area contributed by atoms with Crippen LogP contribution in [0.1, 0.15) is 16.1 Å². The highest BCUT2D eigenvalue weighted by atomic mass is 35.5. The largest absolute Gasteiger partial charge is 0.433 e. The van der Waals surface area contributed by atoms with Gasteiger partial charge in [-0.25, -0.2) is 0 Å². The first kappa shape index (κ1) is 18.5. The summed E-state index contributed by atoms with van der Waals surface area (Å²) in [6.45, 7) is 2.45. The number of alkyl halides is 3. The van der Waals surface area contributed by atoms with Gasteiger partial charge in [0.05, 0.1) is 30.2 Å². The lowest BCUT2D eigenvalue weighted by molar-refractivity contribution is -0.141. The summed E-state index contributed by atoms with van der Waals surface area (Å²) in [6, 6.07) is 6.96. The Morgan fingerprint density at radius 3 is 2.54 bits per heavy atom. The van der Waals surface area contributed by atoms with Gasteiger partial charge in [-0.1, -0.05) is 11.6 Å². The summed E-state index contributed by atoms with van der Waals surface area (Å²) in [7, 11) is 0. The van der Waals surface area contributed by atoms with Crippen LogP contribution in [0.25, 0.3) is 0 Å². The number of nitrogens with zero attached hydrogens (tertiary/aromatic N) is 2. The molecule has 5 nitrogen and oxygen atoms in total. The third-order valence-electron chi connectivity index (χ3n) is 3.87. The van der Waals surface area contributed by atoms with Gasteiger partial charge in [-0.15, -0.1) is 0 Å². The topological polar surface area (TPSA) is 54.5 Å². The predicted molar refractivity (Wildman–Crippen MR) is 91.7 cm³/mol. The number of aromatic nitrogens is 1. The molecule has 0 radical (unpaired) electrons. The number of hydrogen-bond acceptors (Lipinski definition) is 4. The first-order chi connectivity index (χ1) is 12.3. The minimum Gasteiger partial charge on any atom is -0.378 e. The van der Waals surface area contributed by atoms with Crippen molar-refractivity contribution in [1.82, 2.24) is 4.98 Å². The highest BCUT2D eigenvalue weighted by molar-refractivity contribution is 6.31.